The van der Waals surface area contributed by atoms with Crippen molar-refractivity contribution in [1.82, 2.24) is 15.5 Å². The van der Waals surface area contributed by atoms with Gasteiger partial charge < -0.3 is 10.6 Å². The van der Waals surface area contributed by atoms with Gasteiger partial charge in [0.2, 0.25) is 5.91 Å². The van der Waals surface area contributed by atoms with Crippen molar-refractivity contribution in [3.05, 3.63) is 35.6 Å². The molecule has 1 atom stereocenters. The molecule has 1 saturated heterocycles. The maximum Gasteiger partial charge on any atom is 0.325 e. The molecule has 1 aliphatic rings. The molecule has 2 N–H and O–H groups in total. The summed E-state index contributed by atoms with van der Waals surface area (Å²) in [5.41, 5.74) is 0.729. The third kappa shape index (κ3) is 3.60. The highest BCUT2D eigenvalue weighted by atomic mass is 19.1. The first-order valence-corrected chi connectivity index (χ1v) is 7.01. The predicted molar refractivity (Wildman–Crippen MR) is 77.1 cm³/mol. The van der Waals surface area contributed by atoms with Crippen molar-refractivity contribution in [3.8, 4) is 0 Å². The van der Waals surface area contributed by atoms with Gasteiger partial charge in [0.25, 0.3) is 5.91 Å². The number of imide groups is 1. The van der Waals surface area contributed by atoms with E-state index >= 15 is 0 Å². The average molecular weight is 307 g/mol. The molecule has 1 fully saturated rings. The molecule has 1 aromatic carbocycles. The lowest BCUT2D eigenvalue weighted by atomic mass is 10.1. The summed E-state index contributed by atoms with van der Waals surface area (Å²) in [6.45, 7) is 3.52. The highest BCUT2D eigenvalue weighted by Gasteiger charge is 2.40. The van der Waals surface area contributed by atoms with Crippen molar-refractivity contribution in [2.24, 2.45) is 5.92 Å². The van der Waals surface area contributed by atoms with Gasteiger partial charge >= 0.3 is 6.03 Å². The fourth-order valence-corrected chi connectivity index (χ4v) is 2.14. The van der Waals surface area contributed by atoms with Crippen LogP contribution >= 0.6 is 0 Å². The fraction of sp³-hybridized carbons (Fsp3) is 0.400. The van der Waals surface area contributed by atoms with Crippen LogP contribution in [0.5, 0.6) is 0 Å². The number of rotatable bonds is 5. The highest BCUT2D eigenvalue weighted by molar-refractivity contribution is 6.06. The molecule has 1 heterocycles. The smallest absolute Gasteiger partial charge is 0.325 e. The molecule has 2 rings (SSSR count). The monoisotopic (exact) mass is 307 g/mol. The van der Waals surface area contributed by atoms with E-state index in [2.05, 4.69) is 10.6 Å². The van der Waals surface area contributed by atoms with Gasteiger partial charge in [-0.1, -0.05) is 26.0 Å². The summed E-state index contributed by atoms with van der Waals surface area (Å²) in [6, 6.07) is 4.56. The topological polar surface area (TPSA) is 78.5 Å². The molecule has 0 bridgehead atoms. The number of halogens is 1. The fourth-order valence-electron chi connectivity index (χ4n) is 2.14. The SMILES string of the molecule is CC(C)C1NC(=O)N(CC(=O)NCc2ccc(F)cc2)C1=O. The second kappa shape index (κ2) is 6.55. The molecule has 6 nitrogen and oxygen atoms in total. The van der Waals surface area contributed by atoms with E-state index in [0.717, 1.165) is 10.5 Å². The number of benzene rings is 1. The Hall–Kier alpha value is -2.44. The van der Waals surface area contributed by atoms with Crippen molar-refractivity contribution in [2.45, 2.75) is 26.4 Å². The van der Waals surface area contributed by atoms with E-state index < -0.39 is 23.9 Å². The largest absolute Gasteiger partial charge is 0.350 e. The van der Waals surface area contributed by atoms with E-state index in [-0.39, 0.29) is 24.8 Å². The molecule has 0 radical (unpaired) electrons. The number of carbonyl (C=O) groups is 3. The summed E-state index contributed by atoms with van der Waals surface area (Å²) < 4.78 is 12.8. The lowest BCUT2D eigenvalue weighted by Gasteiger charge is -2.14. The Balaban J connectivity index is 1.88. The van der Waals surface area contributed by atoms with Crippen molar-refractivity contribution in [1.29, 1.82) is 0 Å². The second-order valence-corrected chi connectivity index (χ2v) is 5.50. The van der Waals surface area contributed by atoms with E-state index in [1.54, 1.807) is 12.1 Å². The van der Waals surface area contributed by atoms with Crippen LogP contribution < -0.4 is 10.6 Å². The Labute approximate surface area is 127 Å². The molecule has 4 amide bonds. The van der Waals surface area contributed by atoms with Crippen LogP contribution in [0.1, 0.15) is 19.4 Å². The molecule has 7 heteroatoms. The summed E-state index contributed by atoms with van der Waals surface area (Å²) in [6.07, 6.45) is 0. The molecule has 1 unspecified atom stereocenters. The number of urea groups is 1. The van der Waals surface area contributed by atoms with Gasteiger partial charge in [-0.05, 0) is 23.6 Å². The van der Waals surface area contributed by atoms with E-state index in [1.807, 2.05) is 13.8 Å². The van der Waals surface area contributed by atoms with Crippen LogP contribution in [-0.2, 0) is 16.1 Å². The van der Waals surface area contributed by atoms with Crippen LogP contribution in [-0.4, -0.2) is 35.3 Å². The quantitative estimate of drug-likeness (QED) is 0.797. The van der Waals surface area contributed by atoms with Crippen LogP contribution in [0.3, 0.4) is 0 Å². The van der Waals surface area contributed by atoms with E-state index in [1.165, 1.54) is 12.1 Å². The molecular formula is C15H18FN3O3. The first-order valence-electron chi connectivity index (χ1n) is 7.01. The Morgan fingerprint density at radius 2 is 1.95 bits per heavy atom. The summed E-state index contributed by atoms with van der Waals surface area (Å²) in [5, 5.41) is 5.15. The molecule has 1 aromatic rings. The zero-order valence-electron chi connectivity index (χ0n) is 12.4. The molecule has 22 heavy (non-hydrogen) atoms. The van der Waals surface area contributed by atoms with Crippen LogP contribution in [0.25, 0.3) is 0 Å². The van der Waals surface area contributed by atoms with Crippen LogP contribution in [0.2, 0.25) is 0 Å². The zero-order valence-corrected chi connectivity index (χ0v) is 12.4. The summed E-state index contributed by atoms with van der Waals surface area (Å²) in [5.74, 6) is -1.23. The summed E-state index contributed by atoms with van der Waals surface area (Å²) in [4.78, 5) is 36.5. The third-order valence-electron chi connectivity index (χ3n) is 3.43. The number of hydrogen-bond donors (Lipinski definition) is 2. The average Bonchev–Trinajstić information content (AvgIpc) is 2.75. The first kappa shape index (κ1) is 15.9. The van der Waals surface area contributed by atoms with Gasteiger partial charge in [-0.3, -0.25) is 14.5 Å². The van der Waals surface area contributed by atoms with Crippen molar-refractivity contribution in [2.75, 3.05) is 6.54 Å². The standard InChI is InChI=1S/C15H18FN3O3/c1-9(2)13-14(21)19(15(22)18-13)8-12(20)17-7-10-3-5-11(16)6-4-10/h3-6,9,13H,7-8H2,1-2H3,(H,17,20)(H,18,22). The first-order chi connectivity index (χ1) is 10.4. The van der Waals surface area contributed by atoms with Gasteiger partial charge in [-0.15, -0.1) is 0 Å². The third-order valence-corrected chi connectivity index (χ3v) is 3.43. The zero-order chi connectivity index (χ0) is 16.3. The van der Waals surface area contributed by atoms with Crippen molar-refractivity contribution < 1.29 is 18.8 Å². The minimum atomic E-state index is -0.586. The Morgan fingerprint density at radius 3 is 2.50 bits per heavy atom. The molecule has 0 spiro atoms. The van der Waals surface area contributed by atoms with Gasteiger partial charge in [-0.25, -0.2) is 9.18 Å². The van der Waals surface area contributed by atoms with Crippen LogP contribution in [0, 0.1) is 11.7 Å². The molecule has 0 saturated carbocycles. The van der Waals surface area contributed by atoms with Gasteiger partial charge in [0, 0.05) is 6.54 Å². The maximum atomic E-state index is 12.8. The Kier molecular flexibility index (Phi) is 4.75. The Bertz CT molecular complexity index is 586. The Morgan fingerprint density at radius 1 is 1.32 bits per heavy atom. The lowest BCUT2D eigenvalue weighted by molar-refractivity contribution is -0.132. The normalized spacial score (nSPS) is 17.8. The lowest BCUT2D eigenvalue weighted by Crippen LogP contribution is -2.41. The molecule has 0 aliphatic carbocycles. The summed E-state index contributed by atoms with van der Waals surface area (Å²) in [7, 11) is 0. The van der Waals surface area contributed by atoms with Gasteiger partial charge in [-0.2, -0.15) is 0 Å². The predicted octanol–water partition coefficient (Wildman–Crippen LogP) is 1.02. The van der Waals surface area contributed by atoms with Gasteiger partial charge in [0.05, 0.1) is 0 Å². The number of nitrogens with one attached hydrogen (secondary N) is 2. The molecule has 1 aliphatic heterocycles. The molecular weight excluding hydrogens is 289 g/mol. The second-order valence-electron chi connectivity index (χ2n) is 5.50. The van der Waals surface area contributed by atoms with E-state index in [4.69, 9.17) is 0 Å². The minimum Gasteiger partial charge on any atom is -0.350 e. The number of amides is 4. The van der Waals surface area contributed by atoms with Crippen LogP contribution in [0.15, 0.2) is 24.3 Å². The molecule has 118 valence electrons. The maximum absolute atomic E-state index is 12.8. The van der Waals surface area contributed by atoms with E-state index in [0.29, 0.717) is 0 Å². The van der Waals surface area contributed by atoms with E-state index in [9.17, 15) is 18.8 Å². The molecule has 0 aromatic heterocycles. The highest BCUT2D eigenvalue weighted by Crippen LogP contribution is 2.13. The van der Waals surface area contributed by atoms with Gasteiger partial charge in [0.15, 0.2) is 0 Å². The van der Waals surface area contributed by atoms with Gasteiger partial charge in [0.1, 0.15) is 18.4 Å². The van der Waals surface area contributed by atoms with Crippen molar-refractivity contribution >= 4 is 17.8 Å². The summed E-state index contributed by atoms with van der Waals surface area (Å²) >= 11 is 0. The number of carbonyl (C=O) groups excluding carboxylic acids is 3. The number of hydrogen-bond acceptors (Lipinski definition) is 3. The number of nitrogens with zero attached hydrogens (tertiary/aromatic N) is 1. The van der Waals surface area contributed by atoms with Crippen LogP contribution in [0.4, 0.5) is 9.18 Å². The van der Waals surface area contributed by atoms with Crippen molar-refractivity contribution in [3.63, 3.8) is 0 Å². The minimum absolute atomic E-state index is 0.0382.